The molecule has 4 rings (SSSR count). The minimum Gasteiger partial charge on any atom is -0.392 e. The summed E-state index contributed by atoms with van der Waals surface area (Å²) in [6.07, 6.45) is 1.81. The van der Waals surface area contributed by atoms with Crippen molar-refractivity contribution in [3.05, 3.63) is 83.0 Å². The first-order valence-electron chi connectivity index (χ1n) is 8.99. The van der Waals surface area contributed by atoms with E-state index in [1.165, 1.54) is 16.7 Å². The molecule has 5 nitrogen and oxygen atoms in total. The van der Waals surface area contributed by atoms with Crippen molar-refractivity contribution in [2.24, 2.45) is 0 Å². The molecular weight excluding hydrogens is 336 g/mol. The number of benzene rings is 2. The zero-order valence-corrected chi connectivity index (χ0v) is 15.5. The van der Waals surface area contributed by atoms with Gasteiger partial charge in [-0.25, -0.2) is 9.50 Å². The molecular formula is C22H22N4O. The van der Waals surface area contributed by atoms with Crippen LogP contribution in [0.15, 0.2) is 60.8 Å². The summed E-state index contributed by atoms with van der Waals surface area (Å²) in [6.45, 7) is 4.96. The first-order valence-corrected chi connectivity index (χ1v) is 8.99. The molecule has 0 saturated heterocycles. The fraction of sp³-hybridized carbons (Fsp3) is 0.182. The number of fused-ring (bicyclic) bond motifs is 1. The van der Waals surface area contributed by atoms with E-state index in [9.17, 15) is 5.11 Å². The van der Waals surface area contributed by atoms with E-state index in [4.69, 9.17) is 5.10 Å². The van der Waals surface area contributed by atoms with Crippen molar-refractivity contribution in [1.29, 1.82) is 0 Å². The van der Waals surface area contributed by atoms with E-state index in [0.717, 1.165) is 28.3 Å². The van der Waals surface area contributed by atoms with Gasteiger partial charge in [0.25, 0.3) is 0 Å². The molecule has 4 aromatic rings. The Morgan fingerprint density at radius 3 is 2.74 bits per heavy atom. The minimum atomic E-state index is 0.0146. The van der Waals surface area contributed by atoms with Crippen LogP contribution in [0.4, 0.5) is 5.82 Å². The molecule has 27 heavy (non-hydrogen) atoms. The van der Waals surface area contributed by atoms with Gasteiger partial charge in [-0.15, -0.1) is 5.10 Å². The summed E-state index contributed by atoms with van der Waals surface area (Å²) in [5.41, 5.74) is 7.33. The van der Waals surface area contributed by atoms with Crippen molar-refractivity contribution in [1.82, 2.24) is 14.6 Å². The Bertz CT molecular complexity index is 1100. The topological polar surface area (TPSA) is 62.5 Å². The van der Waals surface area contributed by atoms with Gasteiger partial charge >= 0.3 is 0 Å². The number of aryl methyl sites for hydroxylation is 2. The van der Waals surface area contributed by atoms with E-state index in [2.05, 4.69) is 42.3 Å². The van der Waals surface area contributed by atoms with Crippen LogP contribution in [-0.2, 0) is 13.2 Å². The first kappa shape index (κ1) is 17.2. The van der Waals surface area contributed by atoms with Gasteiger partial charge in [0, 0.05) is 12.1 Å². The lowest BCUT2D eigenvalue weighted by Crippen LogP contribution is -2.06. The predicted molar refractivity (Wildman–Crippen MR) is 108 cm³/mol. The van der Waals surface area contributed by atoms with Crippen molar-refractivity contribution in [2.45, 2.75) is 27.0 Å². The van der Waals surface area contributed by atoms with Crippen LogP contribution in [0, 0.1) is 13.8 Å². The van der Waals surface area contributed by atoms with Gasteiger partial charge in [-0.3, -0.25) is 0 Å². The summed E-state index contributed by atoms with van der Waals surface area (Å²) in [4.78, 5) is 4.44. The van der Waals surface area contributed by atoms with E-state index in [-0.39, 0.29) is 6.61 Å². The molecule has 136 valence electrons. The Hall–Kier alpha value is -3.18. The lowest BCUT2D eigenvalue weighted by Gasteiger charge is -2.10. The molecule has 0 aliphatic heterocycles. The summed E-state index contributed by atoms with van der Waals surface area (Å²) in [5.74, 6) is 0.792. The standard InChI is InChI=1S/C22H22N4O/c1-15-6-7-19(16(2)10-15)12-23-21-8-9-22-24-13-20(26(22)25-21)18-5-3-4-17(11-18)14-27/h3-11,13,27H,12,14H2,1-2H3,(H,23,25). The smallest absolute Gasteiger partial charge is 0.154 e. The summed E-state index contributed by atoms with van der Waals surface area (Å²) in [7, 11) is 0. The highest BCUT2D eigenvalue weighted by molar-refractivity contribution is 5.64. The van der Waals surface area contributed by atoms with Gasteiger partial charge in [-0.2, -0.15) is 0 Å². The second kappa shape index (κ2) is 7.21. The number of nitrogens with zero attached hydrogens (tertiary/aromatic N) is 3. The van der Waals surface area contributed by atoms with Crippen molar-refractivity contribution < 1.29 is 5.11 Å². The SMILES string of the molecule is Cc1ccc(CNc2ccc3ncc(-c4cccc(CO)c4)n3n2)c(C)c1. The van der Waals surface area contributed by atoms with Gasteiger partial charge in [0.15, 0.2) is 5.65 Å². The number of rotatable bonds is 5. The second-order valence-electron chi connectivity index (χ2n) is 6.77. The molecule has 0 aliphatic rings. The normalized spacial score (nSPS) is 11.1. The fourth-order valence-electron chi connectivity index (χ4n) is 3.22. The van der Waals surface area contributed by atoms with E-state index >= 15 is 0 Å². The van der Waals surface area contributed by atoms with Crippen LogP contribution >= 0.6 is 0 Å². The van der Waals surface area contributed by atoms with E-state index < -0.39 is 0 Å². The number of hydrogen-bond acceptors (Lipinski definition) is 4. The number of hydrogen-bond donors (Lipinski definition) is 2. The molecule has 2 heterocycles. The lowest BCUT2D eigenvalue weighted by molar-refractivity contribution is 0.282. The second-order valence-corrected chi connectivity index (χ2v) is 6.77. The maximum Gasteiger partial charge on any atom is 0.154 e. The molecule has 2 aromatic carbocycles. The quantitative estimate of drug-likeness (QED) is 0.563. The van der Waals surface area contributed by atoms with Crippen molar-refractivity contribution >= 4 is 11.5 Å². The number of nitrogens with one attached hydrogen (secondary N) is 1. The maximum absolute atomic E-state index is 9.39. The molecule has 0 saturated carbocycles. The Labute approximate surface area is 158 Å². The molecule has 0 atom stereocenters. The van der Waals surface area contributed by atoms with Crippen LogP contribution in [-0.4, -0.2) is 19.7 Å². The van der Waals surface area contributed by atoms with Gasteiger partial charge < -0.3 is 10.4 Å². The van der Waals surface area contributed by atoms with Gasteiger partial charge in [-0.05, 0) is 48.7 Å². The Morgan fingerprint density at radius 2 is 1.93 bits per heavy atom. The Morgan fingerprint density at radius 1 is 1.04 bits per heavy atom. The molecule has 2 aromatic heterocycles. The molecule has 0 bridgehead atoms. The molecule has 0 aliphatic carbocycles. The maximum atomic E-state index is 9.39. The summed E-state index contributed by atoms with van der Waals surface area (Å²) in [5, 5.41) is 17.5. The van der Waals surface area contributed by atoms with Crippen LogP contribution in [0.1, 0.15) is 22.3 Å². The van der Waals surface area contributed by atoms with Crippen molar-refractivity contribution in [2.75, 3.05) is 5.32 Å². The van der Waals surface area contributed by atoms with Crippen LogP contribution < -0.4 is 5.32 Å². The van der Waals surface area contributed by atoms with Crippen molar-refractivity contribution in [3.8, 4) is 11.3 Å². The first-order chi connectivity index (χ1) is 13.1. The monoisotopic (exact) mass is 358 g/mol. The highest BCUT2D eigenvalue weighted by atomic mass is 16.3. The third-order valence-electron chi connectivity index (χ3n) is 4.73. The number of aliphatic hydroxyl groups excluding tert-OH is 1. The van der Waals surface area contributed by atoms with E-state index in [1.807, 2.05) is 47.1 Å². The molecule has 0 radical (unpaired) electrons. The van der Waals surface area contributed by atoms with Gasteiger partial charge in [0.1, 0.15) is 5.82 Å². The number of anilines is 1. The molecule has 0 fully saturated rings. The largest absolute Gasteiger partial charge is 0.392 e. The van der Waals surface area contributed by atoms with E-state index in [0.29, 0.717) is 6.54 Å². The van der Waals surface area contributed by atoms with Gasteiger partial charge in [-0.1, -0.05) is 42.0 Å². The Balaban J connectivity index is 1.63. The highest BCUT2D eigenvalue weighted by Crippen LogP contribution is 2.22. The van der Waals surface area contributed by atoms with Gasteiger partial charge in [0.2, 0.25) is 0 Å². The molecule has 5 heteroatoms. The van der Waals surface area contributed by atoms with Crippen molar-refractivity contribution in [3.63, 3.8) is 0 Å². The average molecular weight is 358 g/mol. The zero-order chi connectivity index (χ0) is 18.8. The van der Waals surface area contributed by atoms with Crippen LogP contribution in [0.2, 0.25) is 0 Å². The fourth-order valence-corrected chi connectivity index (χ4v) is 3.22. The molecule has 2 N–H and O–H groups in total. The summed E-state index contributed by atoms with van der Waals surface area (Å²) >= 11 is 0. The number of aliphatic hydroxyl groups is 1. The van der Waals surface area contributed by atoms with Gasteiger partial charge in [0.05, 0.1) is 18.5 Å². The molecule has 0 unspecified atom stereocenters. The highest BCUT2D eigenvalue weighted by Gasteiger charge is 2.09. The number of aromatic nitrogens is 3. The lowest BCUT2D eigenvalue weighted by atomic mass is 10.1. The van der Waals surface area contributed by atoms with Crippen LogP contribution in [0.25, 0.3) is 16.9 Å². The van der Waals surface area contributed by atoms with Crippen LogP contribution in [0.5, 0.6) is 0 Å². The van der Waals surface area contributed by atoms with E-state index in [1.54, 1.807) is 0 Å². The Kier molecular flexibility index (Phi) is 4.60. The summed E-state index contributed by atoms with van der Waals surface area (Å²) < 4.78 is 1.83. The third-order valence-corrected chi connectivity index (χ3v) is 4.73. The minimum absolute atomic E-state index is 0.0146. The molecule has 0 amide bonds. The molecule has 0 spiro atoms. The van der Waals surface area contributed by atoms with Crippen LogP contribution in [0.3, 0.4) is 0 Å². The predicted octanol–water partition coefficient (Wildman–Crippen LogP) is 4.12. The zero-order valence-electron chi connectivity index (χ0n) is 15.5. The third kappa shape index (κ3) is 3.55. The summed E-state index contributed by atoms with van der Waals surface area (Å²) in [6, 6.07) is 18.2. The average Bonchev–Trinajstić information content (AvgIpc) is 3.10. The number of imidazole rings is 1.